The monoisotopic (exact) mass is 383 g/mol. The van der Waals surface area contributed by atoms with Gasteiger partial charge >= 0.3 is 0 Å². The molecule has 0 radical (unpaired) electrons. The molecule has 0 amide bonds. The number of fused-ring (bicyclic) bond motifs is 2. The van der Waals surface area contributed by atoms with Crippen LogP contribution in [-0.2, 0) is 6.42 Å². The molecule has 3 aromatic heterocycles. The SMILES string of the molecule is CCc1cc2cccc(-c3cnc4[nH]ccc4c3)c2c(=O)n1-c1cccc(F)c1. The van der Waals surface area contributed by atoms with Crippen LogP contribution in [0.15, 0.2) is 77.9 Å². The summed E-state index contributed by atoms with van der Waals surface area (Å²) in [7, 11) is 0. The second-order valence-electron chi connectivity index (χ2n) is 7.02. The van der Waals surface area contributed by atoms with Crippen molar-refractivity contribution in [1.82, 2.24) is 14.5 Å². The lowest BCUT2D eigenvalue weighted by atomic mass is 9.99. The fourth-order valence-corrected chi connectivity index (χ4v) is 3.90. The van der Waals surface area contributed by atoms with Crippen molar-refractivity contribution in [2.24, 2.45) is 0 Å². The zero-order valence-electron chi connectivity index (χ0n) is 15.8. The number of benzene rings is 2. The number of aromatic nitrogens is 3. The van der Waals surface area contributed by atoms with Crippen molar-refractivity contribution in [3.63, 3.8) is 0 Å². The third-order valence-corrected chi connectivity index (χ3v) is 5.26. The van der Waals surface area contributed by atoms with Crippen molar-refractivity contribution in [2.45, 2.75) is 13.3 Å². The standard InChI is InChI=1S/C24H18FN3O/c1-2-19-12-15-5-3-8-21(17-11-16-9-10-26-23(16)27-14-17)22(15)24(29)28(19)20-7-4-6-18(25)13-20/h3-14H,2H2,1H3,(H,26,27). The van der Waals surface area contributed by atoms with Crippen molar-refractivity contribution >= 4 is 21.8 Å². The van der Waals surface area contributed by atoms with E-state index in [0.717, 1.165) is 33.2 Å². The maximum Gasteiger partial charge on any atom is 0.263 e. The molecule has 0 saturated carbocycles. The molecule has 0 aliphatic heterocycles. The molecule has 0 unspecified atom stereocenters. The van der Waals surface area contributed by atoms with Crippen LogP contribution in [0.4, 0.5) is 4.39 Å². The summed E-state index contributed by atoms with van der Waals surface area (Å²) in [5.41, 5.74) is 3.70. The van der Waals surface area contributed by atoms with E-state index < -0.39 is 0 Å². The van der Waals surface area contributed by atoms with Gasteiger partial charge in [0, 0.05) is 29.0 Å². The van der Waals surface area contributed by atoms with Gasteiger partial charge in [0.05, 0.1) is 11.1 Å². The summed E-state index contributed by atoms with van der Waals surface area (Å²) in [6.45, 7) is 1.99. The summed E-state index contributed by atoms with van der Waals surface area (Å²) in [4.78, 5) is 21.2. The fraction of sp³-hybridized carbons (Fsp3) is 0.0833. The van der Waals surface area contributed by atoms with Crippen molar-refractivity contribution in [3.8, 4) is 16.8 Å². The van der Waals surface area contributed by atoms with Crippen LogP contribution in [0.3, 0.4) is 0 Å². The Labute approximate surface area is 166 Å². The number of halogens is 1. The Morgan fingerprint density at radius 2 is 1.90 bits per heavy atom. The summed E-state index contributed by atoms with van der Waals surface area (Å²) >= 11 is 0. The number of hydrogen-bond donors (Lipinski definition) is 1. The first-order chi connectivity index (χ1) is 14.2. The van der Waals surface area contributed by atoms with E-state index in [1.165, 1.54) is 12.1 Å². The molecule has 0 bridgehead atoms. The summed E-state index contributed by atoms with van der Waals surface area (Å²) < 4.78 is 15.5. The van der Waals surface area contributed by atoms with Crippen LogP contribution in [0.5, 0.6) is 0 Å². The normalized spacial score (nSPS) is 11.4. The fourth-order valence-electron chi connectivity index (χ4n) is 3.90. The molecule has 29 heavy (non-hydrogen) atoms. The lowest BCUT2D eigenvalue weighted by Gasteiger charge is -2.15. The first-order valence-electron chi connectivity index (χ1n) is 9.53. The number of pyridine rings is 2. The Morgan fingerprint density at radius 3 is 2.72 bits per heavy atom. The van der Waals surface area contributed by atoms with Gasteiger partial charge in [0.2, 0.25) is 0 Å². The maximum atomic E-state index is 13.9. The minimum Gasteiger partial charge on any atom is -0.346 e. The van der Waals surface area contributed by atoms with Gasteiger partial charge in [-0.1, -0.05) is 31.2 Å². The van der Waals surface area contributed by atoms with Gasteiger partial charge < -0.3 is 4.98 Å². The van der Waals surface area contributed by atoms with Crippen molar-refractivity contribution in [2.75, 3.05) is 0 Å². The number of nitrogens with one attached hydrogen (secondary N) is 1. The third-order valence-electron chi connectivity index (χ3n) is 5.26. The summed E-state index contributed by atoms with van der Waals surface area (Å²) in [6.07, 6.45) is 4.27. The number of rotatable bonds is 3. The molecular weight excluding hydrogens is 365 g/mol. The predicted molar refractivity (Wildman–Crippen MR) is 114 cm³/mol. The van der Waals surface area contributed by atoms with Gasteiger partial charge in [-0.05, 0) is 53.8 Å². The van der Waals surface area contributed by atoms with Crippen LogP contribution in [0.2, 0.25) is 0 Å². The molecule has 3 heterocycles. The number of aromatic amines is 1. The van der Waals surface area contributed by atoms with Crippen LogP contribution in [0.1, 0.15) is 12.6 Å². The third kappa shape index (κ3) is 2.83. The highest BCUT2D eigenvalue weighted by atomic mass is 19.1. The summed E-state index contributed by atoms with van der Waals surface area (Å²) in [5, 5.41) is 2.45. The molecule has 0 saturated heterocycles. The molecule has 0 atom stereocenters. The Morgan fingerprint density at radius 1 is 1.03 bits per heavy atom. The zero-order valence-corrected chi connectivity index (χ0v) is 15.8. The van der Waals surface area contributed by atoms with Gasteiger partial charge in [-0.3, -0.25) is 9.36 Å². The molecule has 5 rings (SSSR count). The Hall–Kier alpha value is -3.73. The molecule has 5 heteroatoms. The summed E-state index contributed by atoms with van der Waals surface area (Å²) in [5.74, 6) is -0.369. The lowest BCUT2D eigenvalue weighted by molar-refractivity contribution is 0.626. The van der Waals surface area contributed by atoms with E-state index in [9.17, 15) is 9.18 Å². The molecule has 0 aliphatic rings. The Kier molecular flexibility index (Phi) is 4.02. The van der Waals surface area contributed by atoms with Gasteiger partial charge in [-0.25, -0.2) is 9.37 Å². The van der Waals surface area contributed by atoms with E-state index in [4.69, 9.17) is 0 Å². The molecule has 5 aromatic rings. The van der Waals surface area contributed by atoms with Gasteiger partial charge in [0.15, 0.2) is 0 Å². The van der Waals surface area contributed by atoms with E-state index in [-0.39, 0.29) is 11.4 Å². The number of aryl methyl sites for hydroxylation is 1. The Balaban J connectivity index is 1.85. The molecule has 142 valence electrons. The molecule has 2 aromatic carbocycles. The molecule has 0 fully saturated rings. The van der Waals surface area contributed by atoms with Gasteiger partial charge in [-0.15, -0.1) is 0 Å². The minimum atomic E-state index is -0.369. The molecule has 0 spiro atoms. The van der Waals surface area contributed by atoms with E-state index in [1.54, 1.807) is 22.9 Å². The van der Waals surface area contributed by atoms with Crippen LogP contribution in [-0.4, -0.2) is 14.5 Å². The lowest BCUT2D eigenvalue weighted by Crippen LogP contribution is -2.22. The number of H-pyrrole nitrogens is 1. The molecular formula is C24H18FN3O. The van der Waals surface area contributed by atoms with E-state index in [2.05, 4.69) is 9.97 Å². The smallest absolute Gasteiger partial charge is 0.263 e. The van der Waals surface area contributed by atoms with E-state index in [0.29, 0.717) is 17.5 Å². The number of nitrogens with zero attached hydrogens (tertiary/aromatic N) is 2. The van der Waals surface area contributed by atoms with E-state index >= 15 is 0 Å². The molecule has 0 aliphatic carbocycles. The van der Waals surface area contributed by atoms with Gasteiger partial charge in [-0.2, -0.15) is 0 Å². The predicted octanol–water partition coefficient (Wildman–Crippen LogP) is 5.24. The van der Waals surface area contributed by atoms with Crippen LogP contribution in [0, 0.1) is 5.82 Å². The highest BCUT2D eigenvalue weighted by molar-refractivity contribution is 5.97. The summed E-state index contributed by atoms with van der Waals surface area (Å²) in [6, 6.07) is 18.0. The van der Waals surface area contributed by atoms with Crippen LogP contribution < -0.4 is 5.56 Å². The largest absolute Gasteiger partial charge is 0.346 e. The molecule has 4 nitrogen and oxygen atoms in total. The van der Waals surface area contributed by atoms with Crippen molar-refractivity contribution in [1.29, 1.82) is 0 Å². The highest BCUT2D eigenvalue weighted by Crippen LogP contribution is 2.29. The average Bonchev–Trinajstić information content (AvgIpc) is 3.21. The highest BCUT2D eigenvalue weighted by Gasteiger charge is 2.15. The minimum absolute atomic E-state index is 0.158. The van der Waals surface area contributed by atoms with Crippen LogP contribution in [0.25, 0.3) is 38.6 Å². The van der Waals surface area contributed by atoms with Crippen LogP contribution >= 0.6 is 0 Å². The van der Waals surface area contributed by atoms with Crippen molar-refractivity contribution in [3.05, 3.63) is 94.9 Å². The quantitative estimate of drug-likeness (QED) is 0.463. The van der Waals surface area contributed by atoms with Gasteiger partial charge in [0.1, 0.15) is 11.5 Å². The second-order valence-corrected chi connectivity index (χ2v) is 7.02. The zero-order chi connectivity index (χ0) is 20.0. The Bertz CT molecular complexity index is 1430. The topological polar surface area (TPSA) is 50.7 Å². The molecule has 1 N–H and O–H groups in total. The van der Waals surface area contributed by atoms with Gasteiger partial charge in [0.25, 0.3) is 5.56 Å². The van der Waals surface area contributed by atoms with Crippen molar-refractivity contribution < 1.29 is 4.39 Å². The maximum absolute atomic E-state index is 13.9. The average molecular weight is 383 g/mol. The van der Waals surface area contributed by atoms with E-state index in [1.807, 2.05) is 49.5 Å². The first-order valence-corrected chi connectivity index (χ1v) is 9.53. The number of hydrogen-bond acceptors (Lipinski definition) is 2. The second kappa shape index (κ2) is 6.71. The first kappa shape index (κ1) is 17.4.